The van der Waals surface area contributed by atoms with Crippen LogP contribution in [0.15, 0.2) is 30.3 Å². The minimum Gasteiger partial charge on any atom is -0.349 e. The van der Waals surface area contributed by atoms with Crippen LogP contribution in [0, 0.1) is 0 Å². The molecule has 1 amide bonds. The van der Waals surface area contributed by atoms with Crippen LogP contribution in [0.4, 0.5) is 0 Å². The Hall–Kier alpha value is -0.730. The number of amides is 1. The van der Waals surface area contributed by atoms with E-state index in [0.717, 1.165) is 12.0 Å². The summed E-state index contributed by atoms with van der Waals surface area (Å²) in [6.07, 6.45) is 1.18. The van der Waals surface area contributed by atoms with Crippen molar-refractivity contribution in [3.63, 3.8) is 0 Å². The lowest BCUT2D eigenvalue weighted by atomic mass is 10.1. The molecule has 17 heavy (non-hydrogen) atoms. The van der Waals surface area contributed by atoms with Crippen LogP contribution < -0.4 is 5.32 Å². The molecule has 0 fully saturated rings. The lowest BCUT2D eigenvalue weighted by molar-refractivity contribution is -0.122. The van der Waals surface area contributed by atoms with E-state index in [2.05, 4.69) is 5.32 Å². The van der Waals surface area contributed by atoms with Crippen LogP contribution in [0.5, 0.6) is 0 Å². The summed E-state index contributed by atoms with van der Waals surface area (Å²) in [7, 11) is 0. The van der Waals surface area contributed by atoms with Gasteiger partial charge >= 0.3 is 0 Å². The molecule has 0 heterocycles. The smallest absolute Gasteiger partial charge is 0.220 e. The molecule has 0 spiro atoms. The van der Waals surface area contributed by atoms with Gasteiger partial charge in [0.25, 0.3) is 0 Å². The van der Waals surface area contributed by atoms with E-state index in [1.54, 1.807) is 0 Å². The van der Waals surface area contributed by atoms with Crippen molar-refractivity contribution in [2.24, 2.45) is 0 Å². The number of carbonyl (C=O) groups is 1. The largest absolute Gasteiger partial charge is 0.349 e. The van der Waals surface area contributed by atoms with E-state index in [9.17, 15) is 4.79 Å². The highest BCUT2D eigenvalue weighted by molar-refractivity contribution is 6.22. The molecule has 1 aromatic rings. The third kappa shape index (κ3) is 4.97. The van der Waals surface area contributed by atoms with E-state index in [4.69, 9.17) is 23.2 Å². The van der Waals surface area contributed by atoms with Crippen LogP contribution >= 0.6 is 23.2 Å². The van der Waals surface area contributed by atoms with E-state index in [1.807, 2.05) is 37.3 Å². The maximum Gasteiger partial charge on any atom is 0.220 e. The molecule has 0 unspecified atom stereocenters. The molecule has 0 saturated carbocycles. The fraction of sp³-hybridized carbons (Fsp3) is 0.462. The van der Waals surface area contributed by atoms with Crippen LogP contribution in [0.3, 0.4) is 0 Å². The van der Waals surface area contributed by atoms with Crippen LogP contribution in [0.1, 0.15) is 18.9 Å². The molecule has 0 aliphatic rings. The molecule has 2 nitrogen and oxygen atoms in total. The number of hydrogen-bond donors (Lipinski definition) is 1. The lowest BCUT2D eigenvalue weighted by Gasteiger charge is -2.25. The quantitative estimate of drug-likeness (QED) is 0.794. The molecule has 0 bridgehead atoms. The maximum atomic E-state index is 11.7. The zero-order chi connectivity index (χ0) is 12.7. The van der Waals surface area contributed by atoms with Crippen molar-refractivity contribution in [2.45, 2.75) is 25.3 Å². The van der Waals surface area contributed by atoms with Crippen molar-refractivity contribution in [1.82, 2.24) is 5.32 Å². The molecule has 1 rings (SSSR count). The van der Waals surface area contributed by atoms with Crippen molar-refractivity contribution in [3.8, 4) is 0 Å². The number of benzene rings is 1. The highest BCUT2D eigenvalue weighted by Crippen LogP contribution is 2.10. The second-order valence-electron chi connectivity index (χ2n) is 4.36. The number of rotatable bonds is 6. The zero-order valence-corrected chi connectivity index (χ0v) is 11.4. The summed E-state index contributed by atoms with van der Waals surface area (Å²) in [4.78, 5) is 11.7. The maximum absolute atomic E-state index is 11.7. The van der Waals surface area contributed by atoms with Gasteiger partial charge in [0, 0.05) is 18.2 Å². The Morgan fingerprint density at radius 2 is 1.82 bits per heavy atom. The number of carbonyl (C=O) groups excluding carboxylic acids is 1. The van der Waals surface area contributed by atoms with Gasteiger partial charge in [-0.25, -0.2) is 0 Å². The number of aryl methyl sites for hydroxylation is 1. The van der Waals surface area contributed by atoms with Crippen LogP contribution in [0.25, 0.3) is 0 Å². The summed E-state index contributed by atoms with van der Waals surface area (Å²) >= 11 is 11.5. The summed E-state index contributed by atoms with van der Waals surface area (Å²) < 4.78 is 0. The minimum absolute atomic E-state index is 0.0161. The summed E-state index contributed by atoms with van der Waals surface area (Å²) in [5.74, 6) is 0.610. The fourth-order valence-electron chi connectivity index (χ4n) is 1.40. The van der Waals surface area contributed by atoms with E-state index < -0.39 is 5.54 Å². The Morgan fingerprint density at radius 3 is 2.35 bits per heavy atom. The summed E-state index contributed by atoms with van der Waals surface area (Å²) in [6, 6.07) is 9.91. The highest BCUT2D eigenvalue weighted by atomic mass is 35.5. The predicted molar refractivity (Wildman–Crippen MR) is 72.8 cm³/mol. The average molecular weight is 274 g/mol. The van der Waals surface area contributed by atoms with E-state index in [-0.39, 0.29) is 5.91 Å². The Kier molecular flexibility index (Phi) is 5.79. The van der Waals surface area contributed by atoms with Gasteiger partial charge in [0.15, 0.2) is 0 Å². The van der Waals surface area contributed by atoms with Crippen molar-refractivity contribution in [1.29, 1.82) is 0 Å². The lowest BCUT2D eigenvalue weighted by Crippen LogP contribution is -2.49. The normalized spacial score (nSPS) is 11.2. The Bertz CT molecular complexity index is 350. The number of halogens is 2. The van der Waals surface area contributed by atoms with Crippen LogP contribution in [-0.4, -0.2) is 23.2 Å². The fourth-order valence-corrected chi connectivity index (χ4v) is 1.82. The second kappa shape index (κ2) is 6.87. The van der Waals surface area contributed by atoms with Crippen molar-refractivity contribution >= 4 is 29.1 Å². The average Bonchev–Trinajstić information content (AvgIpc) is 2.37. The third-order valence-corrected chi connectivity index (χ3v) is 3.69. The van der Waals surface area contributed by atoms with E-state index in [0.29, 0.717) is 18.2 Å². The summed E-state index contributed by atoms with van der Waals surface area (Å²) in [6.45, 7) is 1.84. The van der Waals surface area contributed by atoms with Gasteiger partial charge in [-0.2, -0.15) is 0 Å². The van der Waals surface area contributed by atoms with E-state index in [1.165, 1.54) is 0 Å². The number of hydrogen-bond acceptors (Lipinski definition) is 1. The molecular formula is C13H17Cl2NO. The van der Waals surface area contributed by atoms with Crippen LogP contribution in [-0.2, 0) is 11.2 Å². The first-order valence-corrected chi connectivity index (χ1v) is 6.63. The minimum atomic E-state index is -0.517. The summed E-state index contributed by atoms with van der Waals surface area (Å²) in [5.41, 5.74) is 0.637. The molecule has 94 valence electrons. The SMILES string of the molecule is CC(CCl)(CCl)NC(=O)CCc1ccccc1. The van der Waals surface area contributed by atoms with Crippen molar-refractivity contribution < 1.29 is 4.79 Å². The molecule has 0 radical (unpaired) electrons. The van der Waals surface area contributed by atoms with Gasteiger partial charge in [-0.3, -0.25) is 4.79 Å². The zero-order valence-electron chi connectivity index (χ0n) is 9.88. The monoisotopic (exact) mass is 273 g/mol. The highest BCUT2D eigenvalue weighted by Gasteiger charge is 2.23. The molecule has 4 heteroatoms. The standard InChI is InChI=1S/C13H17Cl2NO/c1-13(9-14,10-15)16-12(17)8-7-11-5-3-2-4-6-11/h2-6H,7-10H2,1H3,(H,16,17). The Morgan fingerprint density at radius 1 is 1.24 bits per heavy atom. The van der Waals surface area contributed by atoms with Crippen molar-refractivity contribution in [2.75, 3.05) is 11.8 Å². The molecular weight excluding hydrogens is 257 g/mol. The topological polar surface area (TPSA) is 29.1 Å². The van der Waals surface area contributed by atoms with Crippen LogP contribution in [0.2, 0.25) is 0 Å². The molecule has 0 aliphatic heterocycles. The van der Waals surface area contributed by atoms with Gasteiger partial charge in [0.05, 0.1) is 5.54 Å². The Labute approximate surface area is 112 Å². The van der Waals surface area contributed by atoms with Gasteiger partial charge in [0.2, 0.25) is 5.91 Å². The Balaban J connectivity index is 2.40. The molecule has 0 aromatic heterocycles. The molecule has 0 atom stereocenters. The molecule has 1 N–H and O–H groups in total. The molecule has 1 aromatic carbocycles. The first kappa shape index (κ1) is 14.3. The van der Waals surface area contributed by atoms with Gasteiger partial charge in [-0.05, 0) is 18.9 Å². The summed E-state index contributed by atoms with van der Waals surface area (Å²) in [5, 5.41) is 2.86. The third-order valence-electron chi connectivity index (χ3n) is 2.51. The number of nitrogens with one attached hydrogen (secondary N) is 1. The predicted octanol–water partition coefficient (Wildman–Crippen LogP) is 2.97. The van der Waals surface area contributed by atoms with Gasteiger partial charge in [0.1, 0.15) is 0 Å². The molecule has 0 aliphatic carbocycles. The van der Waals surface area contributed by atoms with Gasteiger partial charge < -0.3 is 5.32 Å². The first-order chi connectivity index (χ1) is 8.09. The molecule has 0 saturated heterocycles. The van der Waals surface area contributed by atoms with Gasteiger partial charge in [-0.15, -0.1) is 23.2 Å². The van der Waals surface area contributed by atoms with Gasteiger partial charge in [-0.1, -0.05) is 30.3 Å². The second-order valence-corrected chi connectivity index (χ2v) is 4.90. The first-order valence-electron chi connectivity index (χ1n) is 5.56. The van der Waals surface area contributed by atoms with E-state index >= 15 is 0 Å². The van der Waals surface area contributed by atoms with Crippen molar-refractivity contribution in [3.05, 3.63) is 35.9 Å². The number of alkyl halides is 2.